The molecule has 1 rings (SSSR count). The van der Waals surface area contributed by atoms with Crippen LogP contribution in [0, 0.1) is 0 Å². The molecule has 0 aromatic rings. The van der Waals surface area contributed by atoms with E-state index in [-0.39, 0.29) is 11.8 Å². The second-order valence-electron chi connectivity index (χ2n) is 2.69. The first-order chi connectivity index (χ1) is 4.63. The Morgan fingerprint density at radius 3 is 3.00 bits per heavy atom. The van der Waals surface area contributed by atoms with Crippen molar-refractivity contribution in [3.05, 3.63) is 0 Å². The van der Waals surface area contributed by atoms with Crippen molar-refractivity contribution < 1.29 is 9.82 Å². The Morgan fingerprint density at radius 2 is 2.50 bits per heavy atom. The molecule has 0 spiro atoms. The molecular formula is C5H11BN2O2. The van der Waals surface area contributed by atoms with Gasteiger partial charge in [0.2, 0.25) is 0 Å². The van der Waals surface area contributed by atoms with Gasteiger partial charge >= 0.3 is 13.1 Å². The standard InChI is InChI=1S/C5H11BN2O2/c1-4-3-7-5(9)8(2)6(4)10/h4,10H,3H2,1-2H3,(H,7,9). The predicted molar refractivity (Wildman–Crippen MR) is 38.6 cm³/mol. The molecule has 56 valence electrons. The first-order valence-corrected chi connectivity index (χ1v) is 3.31. The number of rotatable bonds is 0. The van der Waals surface area contributed by atoms with Crippen LogP contribution in [0.3, 0.4) is 0 Å². The smallest absolute Gasteiger partial charge is 0.421 e. The fraction of sp³-hybridized carbons (Fsp3) is 0.800. The van der Waals surface area contributed by atoms with Gasteiger partial charge in [-0.1, -0.05) is 6.92 Å². The van der Waals surface area contributed by atoms with Gasteiger partial charge < -0.3 is 15.2 Å². The first kappa shape index (κ1) is 7.40. The van der Waals surface area contributed by atoms with Gasteiger partial charge in [0.25, 0.3) is 0 Å². The maximum absolute atomic E-state index is 10.8. The molecule has 5 heteroatoms. The van der Waals surface area contributed by atoms with Crippen molar-refractivity contribution in [2.24, 2.45) is 0 Å². The fourth-order valence-electron chi connectivity index (χ4n) is 0.980. The maximum Gasteiger partial charge on any atom is 0.421 e. The molecule has 4 nitrogen and oxygen atoms in total. The first-order valence-electron chi connectivity index (χ1n) is 3.31. The lowest BCUT2D eigenvalue weighted by Gasteiger charge is -2.30. The SMILES string of the molecule is CC1CNC(=O)N(C)B1O. The Balaban J connectivity index is 2.60. The highest BCUT2D eigenvalue weighted by Crippen LogP contribution is 2.12. The largest absolute Gasteiger partial charge is 0.432 e. The van der Waals surface area contributed by atoms with Gasteiger partial charge in [0.05, 0.1) is 0 Å². The summed E-state index contributed by atoms with van der Waals surface area (Å²) in [7, 11) is 0.948. The van der Waals surface area contributed by atoms with E-state index in [1.165, 1.54) is 4.81 Å². The molecule has 2 amide bonds. The fourth-order valence-corrected chi connectivity index (χ4v) is 0.980. The van der Waals surface area contributed by atoms with E-state index >= 15 is 0 Å². The molecule has 1 aliphatic rings. The van der Waals surface area contributed by atoms with Crippen molar-refractivity contribution in [2.45, 2.75) is 12.7 Å². The summed E-state index contributed by atoms with van der Waals surface area (Å²) in [6.07, 6.45) is 0. The van der Waals surface area contributed by atoms with Crippen molar-refractivity contribution in [3.8, 4) is 0 Å². The second-order valence-corrected chi connectivity index (χ2v) is 2.69. The van der Waals surface area contributed by atoms with Gasteiger partial charge in [-0.2, -0.15) is 0 Å². The van der Waals surface area contributed by atoms with Gasteiger partial charge in [-0.3, -0.25) is 0 Å². The number of carbonyl (C=O) groups excluding carboxylic acids is 1. The number of urea groups is 1. The number of hydrogen-bond donors (Lipinski definition) is 2. The minimum absolute atomic E-state index is 0.114. The lowest BCUT2D eigenvalue weighted by molar-refractivity contribution is 0.217. The average molecular weight is 142 g/mol. The van der Waals surface area contributed by atoms with Crippen molar-refractivity contribution in [1.29, 1.82) is 0 Å². The van der Waals surface area contributed by atoms with E-state index in [4.69, 9.17) is 0 Å². The molecule has 1 unspecified atom stereocenters. The van der Waals surface area contributed by atoms with Crippen LogP contribution < -0.4 is 5.32 Å². The Labute approximate surface area is 60.3 Å². The van der Waals surface area contributed by atoms with Crippen LogP contribution in [-0.2, 0) is 0 Å². The molecule has 10 heavy (non-hydrogen) atoms. The zero-order valence-corrected chi connectivity index (χ0v) is 6.16. The van der Waals surface area contributed by atoms with E-state index in [1.54, 1.807) is 7.05 Å². The topological polar surface area (TPSA) is 52.6 Å². The second kappa shape index (κ2) is 2.50. The van der Waals surface area contributed by atoms with Crippen LogP contribution in [0.4, 0.5) is 4.79 Å². The van der Waals surface area contributed by atoms with E-state index in [0.29, 0.717) is 6.54 Å². The minimum Gasteiger partial charge on any atom is -0.432 e. The van der Waals surface area contributed by atoms with E-state index in [9.17, 15) is 9.82 Å². The van der Waals surface area contributed by atoms with Crippen LogP contribution >= 0.6 is 0 Å². The third-order valence-corrected chi connectivity index (χ3v) is 1.80. The quantitative estimate of drug-likeness (QED) is 0.448. The zero-order valence-electron chi connectivity index (χ0n) is 6.16. The number of nitrogens with one attached hydrogen (secondary N) is 1. The van der Waals surface area contributed by atoms with Gasteiger partial charge in [-0.25, -0.2) is 4.79 Å². The summed E-state index contributed by atoms with van der Waals surface area (Å²) in [5, 5.41) is 11.9. The van der Waals surface area contributed by atoms with E-state index in [2.05, 4.69) is 5.32 Å². The molecule has 0 aliphatic carbocycles. The highest BCUT2D eigenvalue weighted by atomic mass is 16.2. The molecule has 0 radical (unpaired) electrons. The zero-order chi connectivity index (χ0) is 7.72. The van der Waals surface area contributed by atoms with Gasteiger partial charge in [0.1, 0.15) is 0 Å². The van der Waals surface area contributed by atoms with Crippen LogP contribution in [0.5, 0.6) is 0 Å². The van der Waals surface area contributed by atoms with Gasteiger partial charge in [0.15, 0.2) is 0 Å². The predicted octanol–water partition coefficient (Wildman–Crippen LogP) is -0.488. The van der Waals surface area contributed by atoms with E-state index in [1.807, 2.05) is 6.92 Å². The monoisotopic (exact) mass is 142 g/mol. The highest BCUT2D eigenvalue weighted by Gasteiger charge is 2.33. The summed E-state index contributed by atoms with van der Waals surface area (Å²) >= 11 is 0. The minimum atomic E-state index is -0.631. The number of amides is 2. The van der Waals surface area contributed by atoms with Gasteiger partial charge in [-0.05, 0) is 0 Å². The summed E-state index contributed by atoms with van der Waals surface area (Å²) in [6.45, 7) is 2.45. The Kier molecular flexibility index (Phi) is 1.85. The number of nitrogens with zero attached hydrogens (tertiary/aromatic N) is 1. The molecule has 1 aliphatic heterocycles. The third-order valence-electron chi connectivity index (χ3n) is 1.80. The molecule has 2 N–H and O–H groups in total. The molecule has 1 atom stereocenters. The highest BCUT2D eigenvalue weighted by molar-refractivity contribution is 6.52. The van der Waals surface area contributed by atoms with Crippen molar-refractivity contribution in [1.82, 2.24) is 10.1 Å². The lowest BCUT2D eigenvalue weighted by atomic mass is 9.66. The summed E-state index contributed by atoms with van der Waals surface area (Å²) in [6, 6.07) is -0.203. The Hall–Kier alpha value is -0.705. The van der Waals surface area contributed by atoms with Crippen LogP contribution in [0.2, 0.25) is 5.82 Å². The summed E-state index contributed by atoms with van der Waals surface area (Å²) < 4.78 is 0. The molecule has 0 aromatic carbocycles. The van der Waals surface area contributed by atoms with Crippen LogP contribution in [0.1, 0.15) is 6.92 Å². The maximum atomic E-state index is 10.8. The molecule has 1 fully saturated rings. The molecule has 0 saturated carbocycles. The van der Waals surface area contributed by atoms with Crippen LogP contribution in [0.15, 0.2) is 0 Å². The molecule has 0 bridgehead atoms. The van der Waals surface area contributed by atoms with Crippen molar-refractivity contribution in [2.75, 3.05) is 13.6 Å². The summed E-state index contributed by atoms with van der Waals surface area (Å²) in [5.41, 5.74) is 0. The van der Waals surface area contributed by atoms with Crippen LogP contribution in [0.25, 0.3) is 0 Å². The molecular weight excluding hydrogens is 131 g/mol. The van der Waals surface area contributed by atoms with Gasteiger partial charge in [-0.15, -0.1) is 0 Å². The van der Waals surface area contributed by atoms with Crippen molar-refractivity contribution in [3.63, 3.8) is 0 Å². The normalized spacial score (nSPS) is 26.7. The van der Waals surface area contributed by atoms with E-state index < -0.39 is 7.05 Å². The van der Waals surface area contributed by atoms with Crippen molar-refractivity contribution >= 4 is 13.1 Å². The van der Waals surface area contributed by atoms with Crippen LogP contribution in [-0.4, -0.2) is 36.5 Å². The molecule has 1 heterocycles. The Morgan fingerprint density at radius 1 is 1.90 bits per heavy atom. The summed E-state index contributed by atoms with van der Waals surface area (Å²) in [4.78, 5) is 12.1. The lowest BCUT2D eigenvalue weighted by Crippen LogP contribution is -2.55. The average Bonchev–Trinajstić information content (AvgIpc) is 1.93. The molecule has 0 aromatic heterocycles. The molecule has 1 saturated heterocycles. The Bertz CT molecular complexity index is 153. The summed E-state index contributed by atoms with van der Waals surface area (Å²) in [5.74, 6) is 0.114. The third kappa shape index (κ3) is 1.09. The number of carbonyl (C=O) groups is 1. The van der Waals surface area contributed by atoms with E-state index in [0.717, 1.165) is 0 Å². The number of hydrogen-bond acceptors (Lipinski definition) is 2. The van der Waals surface area contributed by atoms with Gasteiger partial charge in [0, 0.05) is 19.4 Å².